The molecule has 0 saturated carbocycles. The van der Waals surface area contributed by atoms with Crippen molar-refractivity contribution in [1.82, 2.24) is 20.3 Å². The molecular formula is C9H18N4. The largest absolute Gasteiger partial charge is 0.315 e. The van der Waals surface area contributed by atoms with E-state index in [1.54, 1.807) is 6.20 Å². The van der Waals surface area contributed by atoms with Crippen LogP contribution in [0.15, 0.2) is 12.4 Å². The van der Waals surface area contributed by atoms with E-state index in [-0.39, 0.29) is 0 Å². The average Bonchev–Trinajstić information content (AvgIpc) is 2.64. The Hall–Kier alpha value is -0.900. The first-order valence-corrected chi connectivity index (χ1v) is 4.87. The van der Waals surface area contributed by atoms with Gasteiger partial charge in [-0.15, -0.1) is 5.10 Å². The van der Waals surface area contributed by atoms with E-state index in [4.69, 9.17) is 0 Å². The monoisotopic (exact) mass is 182 g/mol. The van der Waals surface area contributed by atoms with Gasteiger partial charge < -0.3 is 5.32 Å². The molecule has 0 amide bonds. The second-order valence-electron chi connectivity index (χ2n) is 3.38. The Morgan fingerprint density at radius 3 is 3.00 bits per heavy atom. The Balaban J connectivity index is 2.02. The van der Waals surface area contributed by atoms with E-state index < -0.39 is 0 Å². The van der Waals surface area contributed by atoms with Gasteiger partial charge in [0, 0.05) is 12.7 Å². The molecule has 4 nitrogen and oxygen atoms in total. The minimum absolute atomic E-state index is 0.760. The number of hydrogen-bond donors (Lipinski definition) is 1. The Labute approximate surface area is 79.3 Å². The smallest absolute Gasteiger partial charge is 0.0692 e. The quantitative estimate of drug-likeness (QED) is 0.665. The number of nitrogens with zero attached hydrogens (tertiary/aromatic N) is 3. The van der Waals surface area contributed by atoms with Gasteiger partial charge in [-0.05, 0) is 12.5 Å². The van der Waals surface area contributed by atoms with Crippen LogP contribution in [0.4, 0.5) is 0 Å². The van der Waals surface area contributed by atoms with Crippen molar-refractivity contribution in [2.75, 3.05) is 13.1 Å². The lowest BCUT2D eigenvalue weighted by Gasteiger charge is -2.09. The van der Waals surface area contributed by atoms with Gasteiger partial charge in [-0.25, -0.2) is 0 Å². The molecule has 1 N–H and O–H groups in total. The molecule has 0 saturated heterocycles. The SMILES string of the molecule is CCC(C)CNCCn1ccnn1. The molecule has 0 aliphatic carbocycles. The molecular weight excluding hydrogens is 164 g/mol. The fourth-order valence-electron chi connectivity index (χ4n) is 1.04. The fourth-order valence-corrected chi connectivity index (χ4v) is 1.04. The van der Waals surface area contributed by atoms with E-state index in [9.17, 15) is 0 Å². The summed E-state index contributed by atoms with van der Waals surface area (Å²) >= 11 is 0. The van der Waals surface area contributed by atoms with E-state index >= 15 is 0 Å². The number of nitrogens with one attached hydrogen (secondary N) is 1. The Morgan fingerprint density at radius 2 is 2.38 bits per heavy atom. The Morgan fingerprint density at radius 1 is 1.54 bits per heavy atom. The minimum atomic E-state index is 0.760. The second-order valence-corrected chi connectivity index (χ2v) is 3.38. The van der Waals surface area contributed by atoms with Crippen molar-refractivity contribution >= 4 is 0 Å². The van der Waals surface area contributed by atoms with Crippen LogP contribution in [0, 0.1) is 5.92 Å². The fraction of sp³-hybridized carbons (Fsp3) is 0.778. The Kier molecular flexibility index (Phi) is 4.46. The summed E-state index contributed by atoms with van der Waals surface area (Å²) in [6.07, 6.45) is 4.82. The highest BCUT2D eigenvalue weighted by Crippen LogP contribution is 1.96. The summed E-state index contributed by atoms with van der Waals surface area (Å²) in [6, 6.07) is 0. The molecule has 0 aromatic carbocycles. The van der Waals surface area contributed by atoms with Gasteiger partial charge in [0.15, 0.2) is 0 Å². The zero-order chi connectivity index (χ0) is 9.52. The molecule has 13 heavy (non-hydrogen) atoms. The van der Waals surface area contributed by atoms with Crippen molar-refractivity contribution in [3.63, 3.8) is 0 Å². The summed E-state index contributed by atoms with van der Waals surface area (Å²) in [7, 11) is 0. The summed E-state index contributed by atoms with van der Waals surface area (Å²) in [4.78, 5) is 0. The molecule has 0 aliphatic heterocycles. The molecule has 1 aromatic heterocycles. The van der Waals surface area contributed by atoms with Crippen LogP contribution < -0.4 is 5.32 Å². The van der Waals surface area contributed by atoms with Gasteiger partial charge in [0.2, 0.25) is 0 Å². The summed E-state index contributed by atoms with van der Waals surface area (Å²) in [5.41, 5.74) is 0. The molecule has 1 atom stereocenters. The maximum atomic E-state index is 3.88. The third-order valence-corrected chi connectivity index (χ3v) is 2.18. The number of hydrogen-bond acceptors (Lipinski definition) is 3. The first-order chi connectivity index (χ1) is 6.33. The summed E-state index contributed by atoms with van der Waals surface area (Å²) in [5.74, 6) is 0.760. The van der Waals surface area contributed by atoms with Gasteiger partial charge in [0.1, 0.15) is 0 Å². The third-order valence-electron chi connectivity index (χ3n) is 2.18. The summed E-state index contributed by atoms with van der Waals surface area (Å²) in [5, 5.41) is 11.0. The molecule has 1 rings (SSSR count). The topological polar surface area (TPSA) is 42.7 Å². The molecule has 0 bridgehead atoms. The third kappa shape index (κ3) is 4.03. The zero-order valence-corrected chi connectivity index (χ0v) is 8.40. The lowest BCUT2D eigenvalue weighted by Crippen LogP contribution is -2.25. The first-order valence-electron chi connectivity index (χ1n) is 4.87. The van der Waals surface area contributed by atoms with Gasteiger partial charge in [0.25, 0.3) is 0 Å². The predicted octanol–water partition coefficient (Wildman–Crippen LogP) is 0.914. The second kappa shape index (κ2) is 5.70. The number of aromatic nitrogens is 3. The molecule has 4 heteroatoms. The van der Waals surface area contributed by atoms with Crippen molar-refractivity contribution in [2.24, 2.45) is 5.92 Å². The van der Waals surface area contributed by atoms with Crippen molar-refractivity contribution < 1.29 is 0 Å². The van der Waals surface area contributed by atoms with E-state index in [0.29, 0.717) is 0 Å². The lowest BCUT2D eigenvalue weighted by molar-refractivity contribution is 0.471. The van der Waals surface area contributed by atoms with Crippen LogP contribution in [-0.4, -0.2) is 28.1 Å². The standard InChI is InChI=1S/C9H18N4/c1-3-9(2)8-10-4-6-13-7-5-11-12-13/h5,7,9-10H,3-4,6,8H2,1-2H3. The predicted molar refractivity (Wildman–Crippen MR) is 52.3 cm³/mol. The van der Waals surface area contributed by atoms with Crippen LogP contribution in [0.25, 0.3) is 0 Å². The van der Waals surface area contributed by atoms with E-state index in [2.05, 4.69) is 29.5 Å². The van der Waals surface area contributed by atoms with Crippen molar-refractivity contribution in [2.45, 2.75) is 26.8 Å². The van der Waals surface area contributed by atoms with E-state index in [0.717, 1.165) is 25.6 Å². The summed E-state index contributed by atoms with van der Waals surface area (Å²) in [6.45, 7) is 7.42. The molecule has 74 valence electrons. The van der Waals surface area contributed by atoms with Crippen LogP contribution >= 0.6 is 0 Å². The maximum Gasteiger partial charge on any atom is 0.0692 e. The highest BCUT2D eigenvalue weighted by Gasteiger charge is 1.97. The van der Waals surface area contributed by atoms with Crippen LogP contribution in [0.5, 0.6) is 0 Å². The molecule has 1 heterocycles. The van der Waals surface area contributed by atoms with Crippen molar-refractivity contribution in [3.8, 4) is 0 Å². The van der Waals surface area contributed by atoms with Gasteiger partial charge >= 0.3 is 0 Å². The Bertz CT molecular complexity index is 207. The molecule has 0 spiro atoms. The molecule has 0 fully saturated rings. The average molecular weight is 182 g/mol. The van der Waals surface area contributed by atoms with E-state index in [1.165, 1.54) is 6.42 Å². The molecule has 0 aliphatic rings. The lowest BCUT2D eigenvalue weighted by atomic mass is 10.1. The molecule has 1 aromatic rings. The molecule has 1 unspecified atom stereocenters. The maximum absolute atomic E-state index is 3.88. The highest BCUT2D eigenvalue weighted by atomic mass is 15.4. The first kappa shape index (κ1) is 10.2. The van der Waals surface area contributed by atoms with Gasteiger partial charge in [-0.1, -0.05) is 25.5 Å². The summed E-state index contributed by atoms with van der Waals surface area (Å²) < 4.78 is 1.84. The molecule has 0 radical (unpaired) electrons. The van der Waals surface area contributed by atoms with Crippen LogP contribution in [0.3, 0.4) is 0 Å². The van der Waals surface area contributed by atoms with Gasteiger partial charge in [-0.3, -0.25) is 4.68 Å². The van der Waals surface area contributed by atoms with Gasteiger partial charge in [-0.2, -0.15) is 0 Å². The van der Waals surface area contributed by atoms with Crippen molar-refractivity contribution in [3.05, 3.63) is 12.4 Å². The van der Waals surface area contributed by atoms with Crippen molar-refractivity contribution in [1.29, 1.82) is 0 Å². The van der Waals surface area contributed by atoms with Crippen LogP contribution in [0.1, 0.15) is 20.3 Å². The minimum Gasteiger partial charge on any atom is -0.315 e. The van der Waals surface area contributed by atoms with Crippen LogP contribution in [0.2, 0.25) is 0 Å². The van der Waals surface area contributed by atoms with Gasteiger partial charge in [0.05, 0.1) is 12.7 Å². The van der Waals surface area contributed by atoms with E-state index in [1.807, 2.05) is 10.9 Å². The zero-order valence-electron chi connectivity index (χ0n) is 8.40. The normalized spacial score (nSPS) is 13.1. The van der Waals surface area contributed by atoms with Crippen LogP contribution in [-0.2, 0) is 6.54 Å². The highest BCUT2D eigenvalue weighted by molar-refractivity contribution is 4.64. The number of rotatable bonds is 6.